The zero-order valence-electron chi connectivity index (χ0n) is 38.8. The molecular weight excluding hydrogens is 852 g/mol. The standard InChI is InChI=1S/C30H44N2O2.C13H10N2.C13H9N2.Cu/c1-7-11-13-23(9-3)19-33-27-17-21(5)31-29-25(27)15-16-26-28(18-22(6)32-30(26)29)34-20-24(10-4)14-12-8-2;2*1-2-6-11-10(5-1)9-13(15-11)12-7-3-4-8-14-12;/h15-18,23-24H,7-14,19-20H2,1-6H3;1-9,15H;1-9H;/q;;-1;+1. The average Bonchev–Trinajstić information content (AvgIpc) is 3.98. The predicted octanol–water partition coefficient (Wildman–Crippen LogP) is 14.7. The molecule has 2 unspecified atom stereocenters. The summed E-state index contributed by atoms with van der Waals surface area (Å²) in [5, 5.41) is 4.44. The van der Waals surface area contributed by atoms with Crippen molar-refractivity contribution in [3.63, 3.8) is 0 Å². The van der Waals surface area contributed by atoms with Crippen LogP contribution >= 0.6 is 0 Å². The normalized spacial score (nSPS) is 11.9. The van der Waals surface area contributed by atoms with Gasteiger partial charge in [0.25, 0.3) is 0 Å². The zero-order valence-corrected chi connectivity index (χ0v) is 39.7. The molecule has 0 spiro atoms. The molecule has 9 aromatic rings. The minimum absolute atomic E-state index is 0. The summed E-state index contributed by atoms with van der Waals surface area (Å²) >= 11 is 0. The largest absolute Gasteiger partial charge is 1.00 e. The van der Waals surface area contributed by atoms with E-state index in [2.05, 4.69) is 102 Å². The summed E-state index contributed by atoms with van der Waals surface area (Å²) in [6.45, 7) is 14.6. The van der Waals surface area contributed by atoms with Crippen LogP contribution < -0.4 is 14.5 Å². The monoisotopic (exact) mass is 914 g/mol. The molecule has 0 aliphatic heterocycles. The van der Waals surface area contributed by atoms with Crippen LogP contribution in [0.1, 0.15) is 90.4 Å². The van der Waals surface area contributed by atoms with Crippen molar-refractivity contribution in [3.05, 3.63) is 145 Å². The Morgan fingerprint density at radius 1 is 0.569 bits per heavy atom. The quantitative estimate of drug-likeness (QED) is 0.0761. The van der Waals surface area contributed by atoms with Crippen LogP contribution in [0.3, 0.4) is 0 Å². The number of aromatic amines is 1. The molecule has 9 rings (SSSR count). The SMILES string of the molecule is CCCCC(CC)COc1cc(C)nc2c1ccc1c(OCC(CC)CCCC)cc(C)nc12.[Cu+].c1ccc(-c2cc3ccccc3[n-]2)nc1.c1ccc(-c2cc3ccccc3[nH]2)nc1. The summed E-state index contributed by atoms with van der Waals surface area (Å²) < 4.78 is 12.8. The average molecular weight is 916 g/mol. The zero-order chi connectivity index (χ0) is 44.7. The van der Waals surface area contributed by atoms with E-state index in [9.17, 15) is 0 Å². The number of fused-ring (bicyclic) bond motifs is 5. The van der Waals surface area contributed by atoms with Gasteiger partial charge in [-0.05, 0) is 92.4 Å². The molecule has 65 heavy (non-hydrogen) atoms. The number of para-hydroxylation sites is 2. The number of nitrogens with zero attached hydrogens (tertiary/aromatic N) is 5. The maximum absolute atomic E-state index is 6.39. The molecule has 0 aliphatic rings. The van der Waals surface area contributed by atoms with Crippen LogP contribution in [0.4, 0.5) is 0 Å². The van der Waals surface area contributed by atoms with Gasteiger partial charge in [-0.25, -0.2) is 0 Å². The number of ether oxygens (including phenoxy) is 2. The van der Waals surface area contributed by atoms with Crippen molar-refractivity contribution in [2.45, 2.75) is 92.9 Å². The Hall–Kier alpha value is -6.02. The van der Waals surface area contributed by atoms with E-state index in [-0.39, 0.29) is 17.1 Å². The fourth-order valence-corrected chi connectivity index (χ4v) is 8.01. The number of rotatable bonds is 16. The smallest absolute Gasteiger partial charge is 0.656 e. The van der Waals surface area contributed by atoms with Crippen molar-refractivity contribution in [1.82, 2.24) is 29.9 Å². The van der Waals surface area contributed by atoms with E-state index in [4.69, 9.17) is 19.4 Å². The number of unbranched alkanes of at least 4 members (excludes halogenated alkanes) is 2. The Morgan fingerprint density at radius 2 is 1.09 bits per heavy atom. The van der Waals surface area contributed by atoms with E-state index in [0.29, 0.717) is 11.8 Å². The summed E-state index contributed by atoms with van der Waals surface area (Å²) in [5.74, 6) is 3.00. The minimum Gasteiger partial charge on any atom is -0.656 e. The van der Waals surface area contributed by atoms with Crippen molar-refractivity contribution in [3.8, 4) is 34.3 Å². The minimum atomic E-state index is 0. The van der Waals surface area contributed by atoms with Gasteiger partial charge in [-0.3, -0.25) is 19.9 Å². The second kappa shape index (κ2) is 24.3. The Kier molecular flexibility index (Phi) is 18.1. The number of hydrogen-bond donors (Lipinski definition) is 1. The molecule has 1 N–H and O–H groups in total. The third kappa shape index (κ3) is 12.8. The van der Waals surface area contributed by atoms with Gasteiger partial charge in [-0.2, -0.15) is 0 Å². The van der Waals surface area contributed by atoms with E-state index in [1.54, 1.807) is 12.4 Å². The Bertz CT molecular complexity index is 2580. The molecule has 0 radical (unpaired) electrons. The van der Waals surface area contributed by atoms with Gasteiger partial charge >= 0.3 is 17.1 Å². The van der Waals surface area contributed by atoms with Crippen LogP contribution in [0.5, 0.6) is 11.5 Å². The molecule has 0 saturated heterocycles. The van der Waals surface area contributed by atoms with Gasteiger partial charge in [0.15, 0.2) is 0 Å². The third-order valence-corrected chi connectivity index (χ3v) is 11.8. The fraction of sp³-hybridized carbons (Fsp3) is 0.321. The molecule has 0 amide bonds. The molecule has 6 aromatic heterocycles. The van der Waals surface area contributed by atoms with Crippen molar-refractivity contribution in [2.75, 3.05) is 13.2 Å². The summed E-state index contributed by atoms with van der Waals surface area (Å²) in [6, 6.07) is 40.7. The number of aromatic nitrogens is 6. The van der Waals surface area contributed by atoms with E-state index >= 15 is 0 Å². The molecule has 340 valence electrons. The molecule has 0 fully saturated rings. The van der Waals surface area contributed by atoms with Gasteiger partial charge < -0.3 is 19.4 Å². The first-order valence-corrected chi connectivity index (χ1v) is 23.3. The molecule has 0 saturated carbocycles. The van der Waals surface area contributed by atoms with Crippen LogP contribution in [0, 0.1) is 25.7 Å². The number of pyridine rings is 4. The maximum atomic E-state index is 6.39. The number of nitrogens with one attached hydrogen (secondary N) is 1. The number of hydrogen-bond acceptors (Lipinski definition) is 6. The molecule has 6 heterocycles. The first-order valence-electron chi connectivity index (χ1n) is 23.3. The molecule has 0 bridgehead atoms. The van der Waals surface area contributed by atoms with Gasteiger partial charge in [0, 0.05) is 63.3 Å². The van der Waals surface area contributed by atoms with Crippen LogP contribution in [0.25, 0.3) is 66.4 Å². The fourth-order valence-electron chi connectivity index (χ4n) is 8.01. The van der Waals surface area contributed by atoms with Crippen LogP contribution in [-0.2, 0) is 17.1 Å². The Morgan fingerprint density at radius 3 is 1.60 bits per heavy atom. The first-order chi connectivity index (χ1) is 31.4. The van der Waals surface area contributed by atoms with Gasteiger partial charge in [-0.15, -0.1) is 11.2 Å². The topological polar surface area (TPSA) is 99.9 Å². The van der Waals surface area contributed by atoms with Crippen molar-refractivity contribution >= 4 is 43.6 Å². The van der Waals surface area contributed by atoms with Crippen molar-refractivity contribution < 1.29 is 26.5 Å². The summed E-state index contributed by atoms with van der Waals surface area (Å²) in [7, 11) is 0. The first kappa shape index (κ1) is 48.4. The molecule has 8 nitrogen and oxygen atoms in total. The number of H-pyrrole nitrogens is 1. The predicted molar refractivity (Wildman–Crippen MR) is 266 cm³/mol. The summed E-state index contributed by atoms with van der Waals surface area (Å²) in [6.07, 6.45) is 13.3. The van der Waals surface area contributed by atoms with Crippen molar-refractivity contribution in [1.29, 1.82) is 0 Å². The Labute approximate surface area is 395 Å². The number of aryl methyl sites for hydroxylation is 2. The van der Waals surface area contributed by atoms with Gasteiger partial charge in [0.1, 0.15) is 22.5 Å². The molecule has 3 aromatic carbocycles. The second-order valence-electron chi connectivity index (χ2n) is 16.7. The molecule has 9 heteroatoms. The maximum Gasteiger partial charge on any atom is 1.00 e. The van der Waals surface area contributed by atoms with Crippen LogP contribution in [0.15, 0.2) is 134 Å². The number of benzene rings is 3. The Balaban J connectivity index is 0.000000184. The second-order valence-corrected chi connectivity index (χ2v) is 16.7. The van der Waals surface area contributed by atoms with Gasteiger partial charge in [-0.1, -0.05) is 127 Å². The van der Waals surface area contributed by atoms with E-state index in [1.807, 2.05) is 80.6 Å². The summed E-state index contributed by atoms with van der Waals surface area (Å²) in [4.78, 5) is 26.3. The van der Waals surface area contributed by atoms with Crippen LogP contribution in [0.2, 0.25) is 0 Å². The third-order valence-electron chi connectivity index (χ3n) is 11.8. The van der Waals surface area contributed by atoms with E-state index in [1.165, 1.54) is 43.9 Å². The molecule has 2 atom stereocenters. The van der Waals surface area contributed by atoms with E-state index in [0.717, 1.165) is 110 Å². The molecule has 0 aliphatic carbocycles. The molecular formula is C56H63CuN6O2. The van der Waals surface area contributed by atoms with E-state index < -0.39 is 0 Å². The summed E-state index contributed by atoms with van der Waals surface area (Å²) in [5.41, 5.74) is 9.80. The van der Waals surface area contributed by atoms with Crippen LogP contribution in [-0.4, -0.2) is 38.1 Å². The van der Waals surface area contributed by atoms with Gasteiger partial charge in [0.2, 0.25) is 0 Å². The van der Waals surface area contributed by atoms with Gasteiger partial charge in [0.05, 0.1) is 24.6 Å². The van der Waals surface area contributed by atoms with Crippen molar-refractivity contribution in [2.24, 2.45) is 11.8 Å².